The fraction of sp³-hybridized carbons (Fsp3) is 0.211. The summed E-state index contributed by atoms with van der Waals surface area (Å²) in [6.07, 6.45) is 3.57. The van der Waals surface area contributed by atoms with Gasteiger partial charge in [0.2, 0.25) is 0 Å². The molecule has 0 fully saturated rings. The van der Waals surface area contributed by atoms with Crippen LogP contribution in [0.1, 0.15) is 22.5 Å². The third kappa shape index (κ3) is 7.37. The molecule has 0 saturated carbocycles. The van der Waals surface area contributed by atoms with Crippen LogP contribution in [0.2, 0.25) is 0 Å². The van der Waals surface area contributed by atoms with Crippen molar-refractivity contribution in [2.45, 2.75) is 12.5 Å². The Hall–Kier alpha value is -2.04. The van der Waals surface area contributed by atoms with Crippen LogP contribution in [-0.2, 0) is 9.59 Å². The van der Waals surface area contributed by atoms with Crippen molar-refractivity contribution in [2.24, 2.45) is 0 Å². The second-order valence-corrected chi connectivity index (χ2v) is 8.50. The van der Waals surface area contributed by atoms with Gasteiger partial charge in [0.1, 0.15) is 11.7 Å². The predicted molar refractivity (Wildman–Crippen MR) is 119 cm³/mol. The third-order valence-electron chi connectivity index (χ3n) is 3.68. The third-order valence-corrected chi connectivity index (χ3v) is 5.28. The van der Waals surface area contributed by atoms with Gasteiger partial charge in [-0.25, -0.2) is 4.79 Å². The maximum atomic E-state index is 12.8. The number of amides is 2. The highest BCUT2D eigenvalue weighted by Crippen LogP contribution is 2.16. The number of hydrogen-bond acceptors (Lipinski definition) is 5. The number of aliphatic carboxylic acids is 1. The summed E-state index contributed by atoms with van der Waals surface area (Å²) >= 11 is 7.93. The van der Waals surface area contributed by atoms with E-state index in [0.717, 1.165) is 4.47 Å². The SMILES string of the molecule is CSCC[C@H](NC(=O)/C(=C\c1ccc(Br)cc1)NC(=O)c1ccc(Br)o1)C(=O)O. The van der Waals surface area contributed by atoms with Crippen molar-refractivity contribution in [1.29, 1.82) is 0 Å². The fourth-order valence-corrected chi connectivity index (χ4v) is 3.28. The molecule has 0 unspecified atom stereocenters. The summed E-state index contributed by atoms with van der Waals surface area (Å²) in [5, 5.41) is 14.3. The molecule has 0 radical (unpaired) electrons. The summed E-state index contributed by atoms with van der Waals surface area (Å²) in [6.45, 7) is 0. The van der Waals surface area contributed by atoms with Crippen LogP contribution in [-0.4, -0.2) is 40.9 Å². The Morgan fingerprint density at radius 3 is 2.41 bits per heavy atom. The minimum absolute atomic E-state index is 0.00329. The quantitative estimate of drug-likeness (QED) is 0.412. The monoisotopic (exact) mass is 544 g/mol. The number of nitrogens with one attached hydrogen (secondary N) is 2. The number of carboxylic acids is 1. The van der Waals surface area contributed by atoms with Gasteiger partial charge in [0, 0.05) is 4.47 Å². The second kappa shape index (κ2) is 11.2. The Kier molecular flexibility index (Phi) is 8.99. The zero-order chi connectivity index (χ0) is 21.4. The Morgan fingerprint density at radius 1 is 1.17 bits per heavy atom. The molecule has 2 amide bonds. The van der Waals surface area contributed by atoms with Crippen LogP contribution in [0, 0.1) is 0 Å². The standard InChI is InChI=1S/C19H18Br2N2O5S/c1-29-9-8-13(19(26)27)22-17(24)14(10-11-2-4-12(20)5-3-11)23-18(25)15-6-7-16(21)28-15/h2-7,10,13H,8-9H2,1H3,(H,22,24)(H,23,25)(H,26,27)/b14-10+/t13-/m0/s1. The largest absolute Gasteiger partial charge is 0.480 e. The van der Waals surface area contributed by atoms with Crippen molar-refractivity contribution in [2.75, 3.05) is 12.0 Å². The van der Waals surface area contributed by atoms with Gasteiger partial charge in [0.25, 0.3) is 11.8 Å². The van der Waals surface area contributed by atoms with Crippen LogP contribution in [0.25, 0.3) is 6.08 Å². The molecule has 7 nitrogen and oxygen atoms in total. The average Bonchev–Trinajstić information content (AvgIpc) is 3.12. The molecule has 10 heteroatoms. The first-order chi connectivity index (χ1) is 13.8. The summed E-state index contributed by atoms with van der Waals surface area (Å²) in [5.41, 5.74) is 0.551. The van der Waals surface area contributed by atoms with Crippen molar-refractivity contribution in [3.63, 3.8) is 0 Å². The van der Waals surface area contributed by atoms with E-state index >= 15 is 0 Å². The highest BCUT2D eigenvalue weighted by Gasteiger charge is 2.23. The maximum Gasteiger partial charge on any atom is 0.326 e. The van der Waals surface area contributed by atoms with Gasteiger partial charge in [-0.15, -0.1) is 0 Å². The van der Waals surface area contributed by atoms with Gasteiger partial charge in [-0.2, -0.15) is 11.8 Å². The molecule has 0 saturated heterocycles. The van der Waals surface area contributed by atoms with E-state index < -0.39 is 23.8 Å². The highest BCUT2D eigenvalue weighted by molar-refractivity contribution is 9.10. The van der Waals surface area contributed by atoms with Crippen LogP contribution in [0.5, 0.6) is 0 Å². The molecule has 1 aromatic carbocycles. The Morgan fingerprint density at radius 2 is 1.86 bits per heavy atom. The minimum Gasteiger partial charge on any atom is -0.480 e. The number of rotatable bonds is 9. The summed E-state index contributed by atoms with van der Waals surface area (Å²) < 4.78 is 6.43. The van der Waals surface area contributed by atoms with E-state index in [1.807, 2.05) is 6.26 Å². The molecular weight excluding hydrogens is 528 g/mol. The number of carbonyl (C=O) groups is 3. The van der Waals surface area contributed by atoms with Crippen molar-refractivity contribution in [3.8, 4) is 0 Å². The van der Waals surface area contributed by atoms with E-state index in [1.54, 1.807) is 30.3 Å². The number of furan rings is 1. The van der Waals surface area contributed by atoms with E-state index in [1.165, 1.54) is 23.9 Å². The molecule has 2 aromatic rings. The molecule has 0 aliphatic rings. The van der Waals surface area contributed by atoms with Gasteiger partial charge in [0.05, 0.1) is 0 Å². The van der Waals surface area contributed by atoms with E-state index in [-0.39, 0.29) is 17.9 Å². The number of carboxylic acid groups (broad SMARTS) is 1. The lowest BCUT2D eigenvalue weighted by molar-refractivity contribution is -0.141. The van der Waals surface area contributed by atoms with Crippen molar-refractivity contribution < 1.29 is 23.9 Å². The first-order valence-corrected chi connectivity index (χ1v) is 11.3. The second-order valence-electron chi connectivity index (χ2n) is 5.81. The van der Waals surface area contributed by atoms with Crippen molar-refractivity contribution >= 4 is 67.5 Å². The number of hydrogen-bond donors (Lipinski definition) is 3. The van der Waals surface area contributed by atoms with Crippen molar-refractivity contribution in [3.05, 3.63) is 62.6 Å². The van der Waals surface area contributed by atoms with Crippen LogP contribution in [0.4, 0.5) is 0 Å². The van der Waals surface area contributed by atoms with E-state index in [0.29, 0.717) is 16.0 Å². The summed E-state index contributed by atoms with van der Waals surface area (Å²) in [4.78, 5) is 36.6. The Bertz CT molecular complexity index is 912. The van der Waals surface area contributed by atoms with E-state index in [2.05, 4.69) is 42.5 Å². The van der Waals surface area contributed by atoms with Crippen LogP contribution in [0.15, 0.2) is 55.7 Å². The number of thioether (sulfide) groups is 1. The summed E-state index contributed by atoms with van der Waals surface area (Å²) in [5.74, 6) is -1.92. The molecule has 3 N–H and O–H groups in total. The highest BCUT2D eigenvalue weighted by atomic mass is 79.9. The van der Waals surface area contributed by atoms with Gasteiger partial charge < -0.3 is 20.2 Å². The molecule has 0 aliphatic heterocycles. The molecular formula is C19H18Br2N2O5S. The maximum absolute atomic E-state index is 12.8. The van der Waals surface area contributed by atoms with Crippen LogP contribution in [0.3, 0.4) is 0 Å². The topological polar surface area (TPSA) is 109 Å². The summed E-state index contributed by atoms with van der Waals surface area (Å²) in [7, 11) is 0. The molecule has 1 heterocycles. The number of halogens is 2. The molecule has 0 bridgehead atoms. The van der Waals surface area contributed by atoms with Crippen molar-refractivity contribution in [1.82, 2.24) is 10.6 Å². The molecule has 154 valence electrons. The van der Waals surface area contributed by atoms with Gasteiger partial charge in [-0.05, 0) is 70.3 Å². The molecule has 1 atom stereocenters. The zero-order valence-corrected chi connectivity index (χ0v) is 19.3. The first kappa shape index (κ1) is 23.2. The first-order valence-electron chi connectivity index (χ1n) is 8.36. The van der Waals surface area contributed by atoms with Gasteiger partial charge >= 0.3 is 5.97 Å². The van der Waals surface area contributed by atoms with Crippen LogP contribution < -0.4 is 10.6 Å². The van der Waals surface area contributed by atoms with E-state index in [4.69, 9.17) is 4.42 Å². The minimum atomic E-state index is -1.14. The Labute approximate surface area is 188 Å². The van der Waals surface area contributed by atoms with Gasteiger partial charge in [-0.3, -0.25) is 9.59 Å². The molecule has 29 heavy (non-hydrogen) atoms. The lowest BCUT2D eigenvalue weighted by Gasteiger charge is -2.16. The summed E-state index contributed by atoms with van der Waals surface area (Å²) in [6, 6.07) is 8.99. The Balaban J connectivity index is 2.27. The number of carbonyl (C=O) groups excluding carboxylic acids is 2. The van der Waals surface area contributed by atoms with Crippen LogP contribution >= 0.6 is 43.6 Å². The fourth-order valence-electron chi connectivity index (χ4n) is 2.23. The normalized spacial score (nSPS) is 12.3. The smallest absolute Gasteiger partial charge is 0.326 e. The zero-order valence-electron chi connectivity index (χ0n) is 15.3. The van der Waals surface area contributed by atoms with Gasteiger partial charge in [-0.1, -0.05) is 28.1 Å². The van der Waals surface area contributed by atoms with Gasteiger partial charge in [0.15, 0.2) is 10.4 Å². The molecule has 0 spiro atoms. The molecule has 1 aromatic heterocycles. The lowest BCUT2D eigenvalue weighted by Crippen LogP contribution is -2.44. The molecule has 0 aliphatic carbocycles. The average molecular weight is 546 g/mol. The predicted octanol–water partition coefficient (Wildman–Crippen LogP) is 3.90. The lowest BCUT2D eigenvalue weighted by atomic mass is 10.1. The number of benzene rings is 1. The van der Waals surface area contributed by atoms with E-state index in [9.17, 15) is 19.5 Å². The molecule has 2 rings (SSSR count).